The van der Waals surface area contributed by atoms with Crippen molar-refractivity contribution in [3.63, 3.8) is 0 Å². The lowest BCUT2D eigenvalue weighted by Gasteiger charge is -2.44. The Morgan fingerprint density at radius 3 is 2.18 bits per heavy atom. The Bertz CT molecular complexity index is 224. The molecule has 1 N–H and O–H groups in total. The van der Waals surface area contributed by atoms with Gasteiger partial charge in [0.05, 0.1) is 0 Å². The first-order chi connectivity index (χ1) is 7.81. The van der Waals surface area contributed by atoms with E-state index in [0.717, 1.165) is 0 Å². The van der Waals surface area contributed by atoms with Gasteiger partial charge < -0.3 is 10.2 Å². The molecular formula is C15H32N2. The fraction of sp³-hybridized carbons (Fsp3) is 1.00. The average molecular weight is 240 g/mol. The lowest BCUT2D eigenvalue weighted by Crippen LogP contribution is -2.48. The van der Waals surface area contributed by atoms with Crippen molar-refractivity contribution < 1.29 is 0 Å². The van der Waals surface area contributed by atoms with Crippen LogP contribution in [0.2, 0.25) is 0 Å². The van der Waals surface area contributed by atoms with E-state index in [1.165, 1.54) is 38.9 Å². The summed E-state index contributed by atoms with van der Waals surface area (Å²) in [7, 11) is 2.30. The monoisotopic (exact) mass is 240 g/mol. The van der Waals surface area contributed by atoms with Crippen LogP contribution in [0.25, 0.3) is 0 Å². The number of nitrogens with zero attached hydrogens (tertiary/aromatic N) is 1. The van der Waals surface area contributed by atoms with Crippen LogP contribution in [0.3, 0.4) is 0 Å². The fourth-order valence-electron chi connectivity index (χ4n) is 2.91. The van der Waals surface area contributed by atoms with Crippen LogP contribution in [-0.4, -0.2) is 37.6 Å². The zero-order valence-corrected chi connectivity index (χ0v) is 12.8. The van der Waals surface area contributed by atoms with Crippen molar-refractivity contribution in [2.45, 2.75) is 59.9 Å². The van der Waals surface area contributed by atoms with E-state index in [1.54, 1.807) is 0 Å². The predicted molar refractivity (Wildman–Crippen MR) is 76.4 cm³/mol. The normalized spacial score (nSPS) is 22.8. The van der Waals surface area contributed by atoms with Crippen LogP contribution >= 0.6 is 0 Å². The van der Waals surface area contributed by atoms with E-state index in [4.69, 9.17) is 0 Å². The van der Waals surface area contributed by atoms with Crippen molar-refractivity contribution in [3.8, 4) is 0 Å². The van der Waals surface area contributed by atoms with Crippen molar-refractivity contribution in [1.82, 2.24) is 10.2 Å². The molecule has 1 fully saturated rings. The summed E-state index contributed by atoms with van der Waals surface area (Å²) in [6, 6.07) is 0.640. The molecule has 0 aromatic heterocycles. The fourth-order valence-corrected chi connectivity index (χ4v) is 2.91. The third kappa shape index (κ3) is 3.96. The molecule has 1 heterocycles. The van der Waals surface area contributed by atoms with E-state index in [9.17, 15) is 0 Å². The Hall–Kier alpha value is -0.0800. The highest BCUT2D eigenvalue weighted by molar-refractivity contribution is 4.88. The highest BCUT2D eigenvalue weighted by atomic mass is 15.1. The van der Waals surface area contributed by atoms with Gasteiger partial charge in [0.1, 0.15) is 0 Å². The Kier molecular flexibility index (Phi) is 5.03. The van der Waals surface area contributed by atoms with Gasteiger partial charge in [0.15, 0.2) is 0 Å². The standard InChI is InChI=1S/C15H32N2/c1-7-15(8-10-16-11-9-15)12-17(6)13(2)14(3,4)5/h13,16H,7-12H2,1-6H3. The second-order valence-electron chi connectivity index (χ2n) is 7.06. The number of piperidine rings is 1. The molecule has 1 saturated heterocycles. The Morgan fingerprint density at radius 2 is 1.76 bits per heavy atom. The van der Waals surface area contributed by atoms with E-state index >= 15 is 0 Å². The number of hydrogen-bond donors (Lipinski definition) is 1. The third-order valence-electron chi connectivity index (χ3n) is 4.91. The number of nitrogens with one attached hydrogen (secondary N) is 1. The van der Waals surface area contributed by atoms with Gasteiger partial charge in [-0.1, -0.05) is 27.7 Å². The topological polar surface area (TPSA) is 15.3 Å². The smallest absolute Gasteiger partial charge is 0.0113 e. The molecule has 0 aliphatic carbocycles. The summed E-state index contributed by atoms with van der Waals surface area (Å²) in [5.74, 6) is 0. The molecule has 1 atom stereocenters. The second-order valence-corrected chi connectivity index (χ2v) is 7.06. The molecule has 0 aromatic rings. The lowest BCUT2D eigenvalue weighted by atomic mass is 9.75. The molecular weight excluding hydrogens is 208 g/mol. The molecule has 0 saturated carbocycles. The van der Waals surface area contributed by atoms with Gasteiger partial charge in [-0.25, -0.2) is 0 Å². The lowest BCUT2D eigenvalue weighted by molar-refractivity contribution is 0.0622. The summed E-state index contributed by atoms with van der Waals surface area (Å²) in [6.45, 7) is 15.4. The van der Waals surface area contributed by atoms with Crippen LogP contribution in [0.15, 0.2) is 0 Å². The van der Waals surface area contributed by atoms with Gasteiger partial charge in [-0.2, -0.15) is 0 Å². The highest BCUT2D eigenvalue weighted by Crippen LogP contribution is 2.35. The van der Waals surface area contributed by atoms with Gasteiger partial charge >= 0.3 is 0 Å². The van der Waals surface area contributed by atoms with E-state index < -0.39 is 0 Å². The van der Waals surface area contributed by atoms with Gasteiger partial charge in [0, 0.05) is 12.6 Å². The molecule has 2 nitrogen and oxygen atoms in total. The largest absolute Gasteiger partial charge is 0.317 e. The van der Waals surface area contributed by atoms with Crippen LogP contribution in [0.1, 0.15) is 53.9 Å². The van der Waals surface area contributed by atoms with Crippen molar-refractivity contribution in [2.24, 2.45) is 10.8 Å². The van der Waals surface area contributed by atoms with Crippen LogP contribution in [0, 0.1) is 10.8 Å². The minimum Gasteiger partial charge on any atom is -0.317 e. The highest BCUT2D eigenvalue weighted by Gasteiger charge is 2.34. The van der Waals surface area contributed by atoms with Crippen LogP contribution in [0.5, 0.6) is 0 Å². The molecule has 1 unspecified atom stereocenters. The summed E-state index contributed by atoms with van der Waals surface area (Å²) >= 11 is 0. The van der Waals surface area contributed by atoms with Gasteiger partial charge in [0.2, 0.25) is 0 Å². The molecule has 1 rings (SSSR count). The van der Waals surface area contributed by atoms with Crippen molar-refractivity contribution >= 4 is 0 Å². The molecule has 0 spiro atoms. The van der Waals surface area contributed by atoms with Crippen molar-refractivity contribution in [2.75, 3.05) is 26.7 Å². The SMILES string of the molecule is CCC1(CN(C)C(C)C(C)(C)C)CCNCC1. The number of rotatable bonds is 4. The van der Waals surface area contributed by atoms with Gasteiger partial charge in [-0.15, -0.1) is 0 Å². The predicted octanol–water partition coefficient (Wildman–Crippen LogP) is 3.13. The van der Waals surface area contributed by atoms with E-state index in [2.05, 4.69) is 51.9 Å². The minimum atomic E-state index is 0.372. The zero-order chi connectivity index (χ0) is 13.1. The summed E-state index contributed by atoms with van der Waals surface area (Å²) in [4.78, 5) is 2.58. The third-order valence-corrected chi connectivity index (χ3v) is 4.91. The van der Waals surface area contributed by atoms with E-state index in [-0.39, 0.29) is 0 Å². The first-order valence-electron chi connectivity index (χ1n) is 7.22. The van der Waals surface area contributed by atoms with Crippen LogP contribution < -0.4 is 5.32 Å². The first kappa shape index (κ1) is 15.0. The molecule has 0 radical (unpaired) electrons. The Morgan fingerprint density at radius 1 is 1.24 bits per heavy atom. The molecule has 2 heteroatoms. The molecule has 0 bridgehead atoms. The Labute approximate surface area is 108 Å². The molecule has 0 aromatic carbocycles. The maximum atomic E-state index is 3.49. The zero-order valence-electron chi connectivity index (χ0n) is 12.8. The summed E-state index contributed by atoms with van der Waals surface area (Å²) < 4.78 is 0. The minimum absolute atomic E-state index is 0.372. The summed E-state index contributed by atoms with van der Waals surface area (Å²) in [5, 5.41) is 3.49. The molecule has 0 amide bonds. The summed E-state index contributed by atoms with van der Waals surface area (Å²) in [5.41, 5.74) is 0.927. The summed E-state index contributed by atoms with van der Waals surface area (Å²) in [6.07, 6.45) is 3.99. The van der Waals surface area contributed by atoms with E-state index in [0.29, 0.717) is 16.9 Å². The van der Waals surface area contributed by atoms with Crippen molar-refractivity contribution in [3.05, 3.63) is 0 Å². The van der Waals surface area contributed by atoms with Gasteiger partial charge in [-0.3, -0.25) is 0 Å². The van der Waals surface area contributed by atoms with Gasteiger partial charge in [0.25, 0.3) is 0 Å². The van der Waals surface area contributed by atoms with Crippen molar-refractivity contribution in [1.29, 1.82) is 0 Å². The Balaban J connectivity index is 2.61. The molecule has 1 aliphatic heterocycles. The second kappa shape index (κ2) is 5.71. The van der Waals surface area contributed by atoms with E-state index in [1.807, 2.05) is 0 Å². The number of hydrogen-bond acceptors (Lipinski definition) is 2. The quantitative estimate of drug-likeness (QED) is 0.812. The maximum Gasteiger partial charge on any atom is 0.0113 e. The van der Waals surface area contributed by atoms with Crippen LogP contribution in [0.4, 0.5) is 0 Å². The molecule has 17 heavy (non-hydrogen) atoms. The van der Waals surface area contributed by atoms with Gasteiger partial charge in [-0.05, 0) is 57.2 Å². The van der Waals surface area contributed by atoms with Crippen LogP contribution in [-0.2, 0) is 0 Å². The molecule has 102 valence electrons. The average Bonchev–Trinajstić information content (AvgIpc) is 2.28. The molecule has 1 aliphatic rings. The first-order valence-corrected chi connectivity index (χ1v) is 7.22. The maximum absolute atomic E-state index is 3.49.